The molecule has 0 bridgehead atoms. The molecular weight excluding hydrogens is 270 g/mol. The molecule has 3 heteroatoms. The van der Waals surface area contributed by atoms with Crippen LogP contribution in [0.5, 0.6) is 0 Å². The number of para-hydroxylation sites is 1. The van der Waals surface area contributed by atoms with Crippen LogP contribution in [-0.4, -0.2) is 9.13 Å². The average molecular weight is 290 g/mol. The van der Waals surface area contributed by atoms with E-state index < -0.39 is 0 Å². The van der Waals surface area contributed by atoms with Crippen molar-refractivity contribution >= 4 is 21.9 Å². The quantitative estimate of drug-likeness (QED) is 0.476. The summed E-state index contributed by atoms with van der Waals surface area (Å²) >= 11 is 0. The van der Waals surface area contributed by atoms with Crippen molar-refractivity contribution in [3.63, 3.8) is 0 Å². The van der Waals surface area contributed by atoms with E-state index >= 15 is 0 Å². The van der Waals surface area contributed by atoms with E-state index in [0.29, 0.717) is 0 Å². The first-order valence-corrected chi connectivity index (χ1v) is 7.61. The summed E-state index contributed by atoms with van der Waals surface area (Å²) in [5, 5.41) is 2.68. The summed E-state index contributed by atoms with van der Waals surface area (Å²) in [6.45, 7) is 4.42. The van der Waals surface area contributed by atoms with Crippen molar-refractivity contribution in [3.05, 3.63) is 59.9 Å². The van der Waals surface area contributed by atoms with E-state index in [0.717, 1.165) is 0 Å². The molecule has 1 aromatic carbocycles. The highest BCUT2D eigenvalue weighted by atomic mass is 15.2. The van der Waals surface area contributed by atoms with Gasteiger partial charge in [0.15, 0.2) is 0 Å². The van der Waals surface area contributed by atoms with Crippen LogP contribution in [0.25, 0.3) is 27.8 Å². The van der Waals surface area contributed by atoms with Crippen molar-refractivity contribution in [1.29, 1.82) is 0 Å². The molecule has 0 aliphatic carbocycles. The highest BCUT2D eigenvalue weighted by molar-refractivity contribution is 6.10. The van der Waals surface area contributed by atoms with Gasteiger partial charge >= 0.3 is 0 Å². The minimum absolute atomic E-state index is 1.18. The van der Waals surface area contributed by atoms with E-state index in [1.807, 2.05) is 0 Å². The lowest BCUT2D eigenvalue weighted by Gasteiger charge is -2.05. The third kappa shape index (κ3) is 1.54. The first-order chi connectivity index (χ1) is 10.6. The van der Waals surface area contributed by atoms with Crippen LogP contribution in [0.1, 0.15) is 11.3 Å². The third-order valence-corrected chi connectivity index (χ3v) is 4.84. The van der Waals surface area contributed by atoms with Crippen LogP contribution < -0.4 is 4.57 Å². The second kappa shape index (κ2) is 4.47. The summed E-state index contributed by atoms with van der Waals surface area (Å²) in [6, 6.07) is 15.0. The molecule has 3 heterocycles. The molecule has 22 heavy (non-hydrogen) atoms. The van der Waals surface area contributed by atoms with Crippen LogP contribution in [0, 0.1) is 13.8 Å². The highest BCUT2D eigenvalue weighted by Crippen LogP contribution is 2.35. The molecule has 4 aromatic rings. The number of pyridine rings is 1. The summed E-state index contributed by atoms with van der Waals surface area (Å²) in [5.74, 6) is 1.18. The van der Waals surface area contributed by atoms with Crippen molar-refractivity contribution in [2.45, 2.75) is 13.8 Å². The van der Waals surface area contributed by atoms with Gasteiger partial charge in [0.05, 0.1) is 18.6 Å². The number of fused-ring (bicyclic) bond motifs is 3. The Bertz CT molecular complexity index is 1020. The first-order valence-electron chi connectivity index (χ1n) is 7.61. The molecule has 0 unspecified atom stereocenters. The molecule has 0 N–H and O–H groups in total. The van der Waals surface area contributed by atoms with Gasteiger partial charge in [-0.2, -0.15) is 4.57 Å². The number of nitrogens with zero attached hydrogens (tertiary/aromatic N) is 3. The maximum absolute atomic E-state index is 2.37. The van der Waals surface area contributed by atoms with Crippen molar-refractivity contribution in [3.8, 4) is 5.82 Å². The molecular formula is C19H20N3+. The second-order valence-electron chi connectivity index (χ2n) is 5.99. The predicted octanol–water partition coefficient (Wildman–Crippen LogP) is 3.56. The molecule has 0 fully saturated rings. The molecule has 0 atom stereocenters. The fraction of sp³-hybridized carbons (Fsp3) is 0.211. The first kappa shape index (κ1) is 13.1. The van der Waals surface area contributed by atoms with Crippen molar-refractivity contribution in [2.24, 2.45) is 14.1 Å². The zero-order valence-electron chi connectivity index (χ0n) is 13.5. The second-order valence-corrected chi connectivity index (χ2v) is 5.99. The molecule has 0 saturated carbocycles. The van der Waals surface area contributed by atoms with Gasteiger partial charge in [-0.25, -0.2) is 4.57 Å². The smallest absolute Gasteiger partial charge is 0.287 e. The van der Waals surface area contributed by atoms with E-state index in [-0.39, 0.29) is 0 Å². The van der Waals surface area contributed by atoms with Crippen LogP contribution in [0.15, 0.2) is 48.7 Å². The summed E-state index contributed by atoms with van der Waals surface area (Å²) < 4.78 is 6.84. The normalized spacial score (nSPS) is 11.6. The molecule has 3 aromatic heterocycles. The van der Waals surface area contributed by atoms with E-state index in [1.54, 1.807) is 0 Å². The van der Waals surface area contributed by atoms with Gasteiger partial charge in [0.25, 0.3) is 5.82 Å². The highest BCUT2D eigenvalue weighted by Gasteiger charge is 2.25. The zero-order chi connectivity index (χ0) is 15.4. The summed E-state index contributed by atoms with van der Waals surface area (Å²) in [4.78, 5) is 0. The molecule has 0 saturated heterocycles. The molecule has 0 radical (unpaired) electrons. The zero-order valence-corrected chi connectivity index (χ0v) is 13.5. The molecule has 3 nitrogen and oxygen atoms in total. The number of benzene rings is 1. The van der Waals surface area contributed by atoms with Gasteiger partial charge in [-0.15, -0.1) is 0 Å². The number of hydrogen-bond acceptors (Lipinski definition) is 0. The Labute approximate surface area is 130 Å². The lowest BCUT2D eigenvalue weighted by molar-refractivity contribution is -0.665. The number of aromatic nitrogens is 3. The third-order valence-electron chi connectivity index (χ3n) is 4.84. The minimum Gasteiger partial charge on any atom is -0.315 e. The maximum atomic E-state index is 2.37. The lowest BCUT2D eigenvalue weighted by Crippen LogP contribution is -2.33. The monoisotopic (exact) mass is 290 g/mol. The Morgan fingerprint density at radius 1 is 0.955 bits per heavy atom. The van der Waals surface area contributed by atoms with Gasteiger partial charge in [-0.3, -0.25) is 0 Å². The molecule has 0 amide bonds. The number of hydrogen-bond donors (Lipinski definition) is 0. The van der Waals surface area contributed by atoms with Crippen molar-refractivity contribution in [1.82, 2.24) is 9.13 Å². The molecule has 0 aliphatic heterocycles. The average Bonchev–Trinajstić information content (AvgIpc) is 2.98. The van der Waals surface area contributed by atoms with E-state index in [4.69, 9.17) is 0 Å². The fourth-order valence-electron chi connectivity index (χ4n) is 3.48. The van der Waals surface area contributed by atoms with Crippen LogP contribution in [-0.2, 0) is 14.1 Å². The standard InChI is InChI=1S/C19H20N3/c1-13-14(2)21(4)19-18(13)15-9-5-6-10-16(15)22(19)17-11-7-8-12-20(17)3/h5-12H,1-4H3/q+1. The van der Waals surface area contributed by atoms with Gasteiger partial charge in [0.2, 0.25) is 5.65 Å². The minimum atomic E-state index is 1.18. The van der Waals surface area contributed by atoms with Crippen LogP contribution in [0.4, 0.5) is 0 Å². The van der Waals surface area contributed by atoms with Crippen LogP contribution >= 0.6 is 0 Å². The van der Waals surface area contributed by atoms with Gasteiger partial charge in [-0.1, -0.05) is 18.2 Å². The fourth-order valence-corrected chi connectivity index (χ4v) is 3.48. The van der Waals surface area contributed by atoms with Crippen LogP contribution in [0.2, 0.25) is 0 Å². The molecule has 4 rings (SSSR count). The molecule has 110 valence electrons. The van der Waals surface area contributed by atoms with Crippen molar-refractivity contribution < 1.29 is 4.57 Å². The topological polar surface area (TPSA) is 13.7 Å². The predicted molar refractivity (Wildman–Crippen MR) is 90.4 cm³/mol. The molecule has 0 aliphatic rings. The Hall–Kier alpha value is -2.55. The van der Waals surface area contributed by atoms with E-state index in [1.165, 1.54) is 39.0 Å². The van der Waals surface area contributed by atoms with Crippen LogP contribution in [0.3, 0.4) is 0 Å². The summed E-state index contributed by atoms with van der Waals surface area (Å²) in [6.07, 6.45) is 2.10. The van der Waals surface area contributed by atoms with Gasteiger partial charge in [-0.05, 0) is 37.6 Å². The summed E-state index contributed by atoms with van der Waals surface area (Å²) in [7, 11) is 4.25. The Balaban J connectivity index is 2.30. The van der Waals surface area contributed by atoms with Gasteiger partial charge < -0.3 is 4.57 Å². The van der Waals surface area contributed by atoms with Gasteiger partial charge in [0, 0.05) is 24.2 Å². The van der Waals surface area contributed by atoms with Crippen molar-refractivity contribution in [2.75, 3.05) is 0 Å². The Morgan fingerprint density at radius 3 is 2.45 bits per heavy atom. The van der Waals surface area contributed by atoms with E-state index in [2.05, 4.69) is 90.3 Å². The largest absolute Gasteiger partial charge is 0.315 e. The SMILES string of the molecule is Cc1c(C)n(C)c2c1c1ccccc1n2-c1cccc[n+]1C. The maximum Gasteiger partial charge on any atom is 0.287 e. The Kier molecular flexibility index (Phi) is 2.67. The summed E-state index contributed by atoms with van der Waals surface area (Å²) in [5.41, 5.74) is 5.21. The molecule has 0 spiro atoms. The number of rotatable bonds is 1. The van der Waals surface area contributed by atoms with E-state index in [9.17, 15) is 0 Å². The Morgan fingerprint density at radius 2 is 1.68 bits per heavy atom. The lowest BCUT2D eigenvalue weighted by atomic mass is 10.1. The van der Waals surface area contributed by atoms with Gasteiger partial charge in [0.1, 0.15) is 5.52 Å². The number of aryl methyl sites for hydroxylation is 3.